The van der Waals surface area contributed by atoms with Crippen LogP contribution in [0.3, 0.4) is 0 Å². The van der Waals surface area contributed by atoms with Gasteiger partial charge in [0, 0.05) is 6.54 Å². The molecule has 0 bridgehead atoms. The van der Waals surface area contributed by atoms with E-state index in [4.69, 9.17) is 5.11 Å². The van der Waals surface area contributed by atoms with Gasteiger partial charge in [0.15, 0.2) is 11.6 Å². The van der Waals surface area contributed by atoms with Crippen LogP contribution in [0.5, 0.6) is 0 Å². The van der Waals surface area contributed by atoms with E-state index < -0.39 is 35.2 Å². The summed E-state index contributed by atoms with van der Waals surface area (Å²) in [5, 5.41) is 13.2. The third-order valence-corrected chi connectivity index (χ3v) is 2.25. The highest BCUT2D eigenvalue weighted by molar-refractivity contribution is 6.39. The summed E-state index contributed by atoms with van der Waals surface area (Å²) in [6.07, 6.45) is -0.322. The van der Waals surface area contributed by atoms with Crippen molar-refractivity contribution in [2.75, 3.05) is 11.9 Å². The fraction of sp³-hybridized carbons (Fsp3) is 0.333. The van der Waals surface area contributed by atoms with Gasteiger partial charge in [-0.3, -0.25) is 9.59 Å². The Hall–Kier alpha value is -2.02. The van der Waals surface area contributed by atoms with Gasteiger partial charge in [-0.05, 0) is 25.5 Å². The molecule has 0 fully saturated rings. The van der Waals surface area contributed by atoms with Gasteiger partial charge in [0.1, 0.15) is 0 Å². The summed E-state index contributed by atoms with van der Waals surface area (Å²) in [4.78, 5) is 22.7. The molecule has 0 aromatic heterocycles. The molecule has 19 heavy (non-hydrogen) atoms. The average molecular weight is 272 g/mol. The fourth-order valence-electron chi connectivity index (χ4n) is 1.25. The van der Waals surface area contributed by atoms with Crippen molar-refractivity contribution in [3.63, 3.8) is 0 Å². The molecule has 0 spiro atoms. The van der Waals surface area contributed by atoms with Crippen LogP contribution in [0.15, 0.2) is 18.2 Å². The van der Waals surface area contributed by atoms with Crippen molar-refractivity contribution in [1.82, 2.24) is 5.32 Å². The van der Waals surface area contributed by atoms with Gasteiger partial charge in [-0.2, -0.15) is 0 Å². The Labute approximate surface area is 108 Å². The molecule has 0 saturated heterocycles. The quantitative estimate of drug-likeness (QED) is 0.709. The van der Waals surface area contributed by atoms with Crippen molar-refractivity contribution in [2.24, 2.45) is 0 Å². The molecule has 104 valence electrons. The first-order valence-corrected chi connectivity index (χ1v) is 5.63. The van der Waals surface area contributed by atoms with E-state index in [1.807, 2.05) is 5.32 Å². The molecule has 3 N–H and O–H groups in total. The van der Waals surface area contributed by atoms with Gasteiger partial charge < -0.3 is 15.7 Å². The van der Waals surface area contributed by atoms with E-state index in [9.17, 15) is 18.4 Å². The van der Waals surface area contributed by atoms with Crippen molar-refractivity contribution >= 4 is 17.5 Å². The van der Waals surface area contributed by atoms with E-state index in [2.05, 4.69) is 5.32 Å². The van der Waals surface area contributed by atoms with Crippen molar-refractivity contribution in [1.29, 1.82) is 0 Å². The molecule has 5 nitrogen and oxygen atoms in total. The third-order valence-electron chi connectivity index (χ3n) is 2.25. The molecule has 1 atom stereocenters. The monoisotopic (exact) mass is 272 g/mol. The number of hydrogen-bond donors (Lipinski definition) is 3. The second kappa shape index (κ2) is 6.79. The molecule has 0 heterocycles. The zero-order valence-electron chi connectivity index (χ0n) is 10.2. The zero-order valence-corrected chi connectivity index (χ0v) is 10.2. The molecule has 2 amide bonds. The molecule has 0 aliphatic carbocycles. The van der Waals surface area contributed by atoms with Gasteiger partial charge in [0.05, 0.1) is 11.8 Å². The molecule has 7 heteroatoms. The van der Waals surface area contributed by atoms with Crippen LogP contribution < -0.4 is 10.6 Å². The van der Waals surface area contributed by atoms with Crippen LogP contribution in [0.2, 0.25) is 0 Å². The summed E-state index contributed by atoms with van der Waals surface area (Å²) in [5.41, 5.74) is -0.407. The minimum Gasteiger partial charge on any atom is -0.393 e. The number of benzene rings is 1. The topological polar surface area (TPSA) is 78.4 Å². The van der Waals surface area contributed by atoms with E-state index in [1.165, 1.54) is 13.0 Å². The standard InChI is InChI=1S/C12H14F2N2O3/c1-7(17)5-6-15-11(18)12(19)16-9-4-2-3-8(13)10(9)14/h2-4,7,17H,5-6H2,1H3,(H,15,18)(H,16,19). The summed E-state index contributed by atoms with van der Waals surface area (Å²) < 4.78 is 26.1. The Morgan fingerprint density at radius 1 is 1.32 bits per heavy atom. The lowest BCUT2D eigenvalue weighted by Gasteiger charge is -2.08. The SMILES string of the molecule is CC(O)CCNC(=O)C(=O)Nc1cccc(F)c1F. The van der Waals surface area contributed by atoms with E-state index in [-0.39, 0.29) is 13.0 Å². The van der Waals surface area contributed by atoms with Gasteiger partial charge in [-0.1, -0.05) is 6.07 Å². The lowest BCUT2D eigenvalue weighted by atomic mass is 10.3. The first-order chi connectivity index (χ1) is 8.91. The number of amides is 2. The van der Waals surface area contributed by atoms with Gasteiger partial charge in [-0.25, -0.2) is 8.78 Å². The number of nitrogens with one attached hydrogen (secondary N) is 2. The van der Waals surface area contributed by atoms with E-state index in [1.54, 1.807) is 0 Å². The Kier molecular flexibility index (Phi) is 5.37. The number of carbonyl (C=O) groups excluding carboxylic acids is 2. The zero-order chi connectivity index (χ0) is 14.4. The number of rotatable bonds is 4. The molecular formula is C12H14F2N2O3. The second-order valence-corrected chi connectivity index (χ2v) is 3.95. The number of aliphatic hydroxyl groups excluding tert-OH is 1. The van der Waals surface area contributed by atoms with Crippen LogP contribution in [0.1, 0.15) is 13.3 Å². The first-order valence-electron chi connectivity index (χ1n) is 5.63. The maximum atomic E-state index is 13.2. The maximum absolute atomic E-state index is 13.2. The number of hydrogen-bond acceptors (Lipinski definition) is 3. The van der Waals surface area contributed by atoms with E-state index in [0.29, 0.717) is 0 Å². The van der Waals surface area contributed by atoms with Crippen molar-refractivity contribution in [3.8, 4) is 0 Å². The number of anilines is 1. The summed E-state index contributed by atoms with van der Waals surface area (Å²) in [6, 6.07) is 3.24. The van der Waals surface area contributed by atoms with Gasteiger partial charge >= 0.3 is 11.8 Å². The minimum absolute atomic E-state index is 0.107. The fourth-order valence-corrected chi connectivity index (χ4v) is 1.25. The summed E-state index contributed by atoms with van der Waals surface area (Å²) in [5.74, 6) is -4.43. The van der Waals surface area contributed by atoms with E-state index in [0.717, 1.165) is 12.1 Å². The smallest absolute Gasteiger partial charge is 0.313 e. The molecule has 1 aromatic carbocycles. The van der Waals surface area contributed by atoms with Crippen LogP contribution in [0.4, 0.5) is 14.5 Å². The Balaban J connectivity index is 2.55. The number of carbonyl (C=O) groups is 2. The van der Waals surface area contributed by atoms with Crippen molar-refractivity contribution in [2.45, 2.75) is 19.4 Å². The van der Waals surface area contributed by atoms with Crippen LogP contribution in [0.25, 0.3) is 0 Å². The molecule has 1 unspecified atom stereocenters. The van der Waals surface area contributed by atoms with E-state index >= 15 is 0 Å². The molecule has 0 aliphatic heterocycles. The first kappa shape index (κ1) is 15.0. The third kappa shape index (κ3) is 4.63. The Bertz CT molecular complexity index is 478. The van der Waals surface area contributed by atoms with Crippen molar-refractivity contribution < 1.29 is 23.5 Å². The molecule has 0 radical (unpaired) electrons. The largest absolute Gasteiger partial charge is 0.393 e. The Morgan fingerprint density at radius 3 is 2.63 bits per heavy atom. The summed E-state index contributed by atoms with van der Waals surface area (Å²) >= 11 is 0. The maximum Gasteiger partial charge on any atom is 0.313 e. The number of halogens is 2. The normalized spacial score (nSPS) is 11.8. The molecular weight excluding hydrogens is 258 g/mol. The highest BCUT2D eigenvalue weighted by Crippen LogP contribution is 2.16. The molecule has 1 aromatic rings. The van der Waals surface area contributed by atoms with Gasteiger partial charge in [0.25, 0.3) is 0 Å². The molecule has 0 saturated carbocycles. The van der Waals surface area contributed by atoms with Gasteiger partial charge in [0.2, 0.25) is 0 Å². The number of aliphatic hydroxyl groups is 1. The minimum atomic E-state index is -1.23. The van der Waals surface area contributed by atoms with Crippen LogP contribution in [-0.2, 0) is 9.59 Å². The van der Waals surface area contributed by atoms with Crippen LogP contribution in [-0.4, -0.2) is 29.6 Å². The highest BCUT2D eigenvalue weighted by atomic mass is 19.2. The predicted octanol–water partition coefficient (Wildman–Crippen LogP) is 0.790. The molecule has 1 rings (SSSR count). The second-order valence-electron chi connectivity index (χ2n) is 3.95. The predicted molar refractivity (Wildman–Crippen MR) is 64.3 cm³/mol. The Morgan fingerprint density at radius 2 is 2.00 bits per heavy atom. The van der Waals surface area contributed by atoms with Crippen LogP contribution >= 0.6 is 0 Å². The highest BCUT2D eigenvalue weighted by Gasteiger charge is 2.16. The van der Waals surface area contributed by atoms with Crippen LogP contribution in [0, 0.1) is 11.6 Å². The molecule has 0 aliphatic rings. The summed E-state index contributed by atoms with van der Waals surface area (Å²) in [7, 11) is 0. The average Bonchev–Trinajstić information content (AvgIpc) is 2.34. The van der Waals surface area contributed by atoms with Gasteiger partial charge in [-0.15, -0.1) is 0 Å². The lowest BCUT2D eigenvalue weighted by Crippen LogP contribution is -2.36. The van der Waals surface area contributed by atoms with Crippen molar-refractivity contribution in [3.05, 3.63) is 29.8 Å². The lowest BCUT2D eigenvalue weighted by molar-refractivity contribution is -0.136. The summed E-state index contributed by atoms with van der Waals surface area (Å²) in [6.45, 7) is 1.64.